The van der Waals surface area contributed by atoms with Crippen molar-refractivity contribution in [3.05, 3.63) is 89.5 Å². The van der Waals surface area contributed by atoms with Crippen LogP contribution < -0.4 is 4.74 Å². The van der Waals surface area contributed by atoms with Gasteiger partial charge in [-0.2, -0.15) is 13.2 Å². The zero-order valence-electron chi connectivity index (χ0n) is 16.6. The van der Waals surface area contributed by atoms with Gasteiger partial charge in [-0.25, -0.2) is 4.79 Å². The maximum absolute atomic E-state index is 12.7. The number of benzene rings is 3. The van der Waals surface area contributed by atoms with E-state index in [9.17, 15) is 18.0 Å². The van der Waals surface area contributed by atoms with Crippen LogP contribution in [0.1, 0.15) is 40.9 Å². The third-order valence-electron chi connectivity index (χ3n) is 4.75. The monoisotopic (exact) mass is 414 g/mol. The number of hydrogen-bond donors (Lipinski definition) is 0. The van der Waals surface area contributed by atoms with Gasteiger partial charge in [-0.15, -0.1) is 0 Å². The highest BCUT2D eigenvalue weighted by molar-refractivity contribution is 5.89. The van der Waals surface area contributed by atoms with Gasteiger partial charge in [0.1, 0.15) is 11.9 Å². The third-order valence-corrected chi connectivity index (χ3v) is 4.75. The Morgan fingerprint density at radius 3 is 1.87 bits per heavy atom. The number of ether oxygens (including phenoxy) is 2. The summed E-state index contributed by atoms with van der Waals surface area (Å²) in [4.78, 5) is 11.5. The average molecular weight is 414 g/mol. The van der Waals surface area contributed by atoms with Crippen LogP contribution in [0.4, 0.5) is 13.2 Å². The molecule has 0 bridgehead atoms. The van der Waals surface area contributed by atoms with Gasteiger partial charge in [0, 0.05) is 0 Å². The fraction of sp³-hybridized carbons (Fsp3) is 0.208. The van der Waals surface area contributed by atoms with E-state index in [-0.39, 0.29) is 6.10 Å². The van der Waals surface area contributed by atoms with Crippen molar-refractivity contribution < 1.29 is 27.4 Å². The van der Waals surface area contributed by atoms with Crippen molar-refractivity contribution in [1.29, 1.82) is 0 Å². The third kappa shape index (κ3) is 5.00. The number of carbonyl (C=O) groups is 1. The van der Waals surface area contributed by atoms with Gasteiger partial charge in [-0.1, -0.05) is 43.3 Å². The van der Waals surface area contributed by atoms with Crippen molar-refractivity contribution in [2.24, 2.45) is 0 Å². The maximum atomic E-state index is 12.7. The summed E-state index contributed by atoms with van der Waals surface area (Å²) in [7, 11) is 1.33. The zero-order valence-corrected chi connectivity index (χ0v) is 16.6. The molecule has 3 aromatic rings. The minimum absolute atomic E-state index is 0.198. The van der Waals surface area contributed by atoms with Gasteiger partial charge < -0.3 is 9.47 Å². The smallest absolute Gasteiger partial charge is 0.416 e. The van der Waals surface area contributed by atoms with E-state index < -0.39 is 17.7 Å². The van der Waals surface area contributed by atoms with Gasteiger partial charge >= 0.3 is 12.1 Å². The minimum Gasteiger partial charge on any atom is -0.486 e. The molecular weight excluding hydrogens is 393 g/mol. The number of methoxy groups -OCH3 is 1. The van der Waals surface area contributed by atoms with Gasteiger partial charge in [0.05, 0.1) is 18.2 Å². The van der Waals surface area contributed by atoms with Crippen LogP contribution in [0, 0.1) is 0 Å². The Morgan fingerprint density at radius 1 is 0.867 bits per heavy atom. The Kier molecular flexibility index (Phi) is 6.45. The molecule has 0 aliphatic rings. The van der Waals surface area contributed by atoms with Crippen LogP contribution in [0.2, 0.25) is 0 Å². The van der Waals surface area contributed by atoms with E-state index in [1.54, 1.807) is 24.3 Å². The molecule has 0 aliphatic heterocycles. The van der Waals surface area contributed by atoms with Gasteiger partial charge in [-0.3, -0.25) is 0 Å². The van der Waals surface area contributed by atoms with Gasteiger partial charge in [0.2, 0.25) is 0 Å². The van der Waals surface area contributed by atoms with Crippen molar-refractivity contribution in [2.75, 3.05) is 7.11 Å². The molecule has 30 heavy (non-hydrogen) atoms. The summed E-state index contributed by atoms with van der Waals surface area (Å²) in [5.74, 6) is 0.216. The molecule has 156 valence electrons. The lowest BCUT2D eigenvalue weighted by molar-refractivity contribution is -0.137. The molecule has 0 saturated heterocycles. The standard InChI is InChI=1S/C24H21F3O3/c1-3-22(30-21-14-10-19(11-15-21)23(28)29-2)18-6-4-16(5-7-18)17-8-12-20(13-9-17)24(25,26)27/h4-15,22H,3H2,1-2H3. The largest absolute Gasteiger partial charge is 0.486 e. The van der Waals surface area contributed by atoms with E-state index in [1.165, 1.54) is 19.2 Å². The highest BCUT2D eigenvalue weighted by Crippen LogP contribution is 2.32. The van der Waals surface area contributed by atoms with Gasteiger partial charge in [-0.05, 0) is 59.5 Å². The summed E-state index contributed by atoms with van der Waals surface area (Å²) in [6.07, 6.45) is -3.82. The Bertz CT molecular complexity index is 976. The molecule has 0 amide bonds. The summed E-state index contributed by atoms with van der Waals surface area (Å²) in [5.41, 5.74) is 2.26. The second kappa shape index (κ2) is 9.03. The van der Waals surface area contributed by atoms with Gasteiger partial charge in [0.25, 0.3) is 0 Å². The maximum Gasteiger partial charge on any atom is 0.416 e. The lowest BCUT2D eigenvalue weighted by Crippen LogP contribution is -2.07. The molecule has 0 fully saturated rings. The van der Waals surface area contributed by atoms with E-state index in [2.05, 4.69) is 4.74 Å². The first-order chi connectivity index (χ1) is 14.3. The fourth-order valence-corrected chi connectivity index (χ4v) is 3.08. The molecule has 0 saturated carbocycles. The van der Waals surface area contributed by atoms with Gasteiger partial charge in [0.15, 0.2) is 0 Å². The predicted octanol–water partition coefficient (Wildman–Crippen LogP) is 6.69. The highest BCUT2D eigenvalue weighted by Gasteiger charge is 2.29. The Hall–Kier alpha value is -3.28. The van der Waals surface area contributed by atoms with Crippen LogP contribution in [0.3, 0.4) is 0 Å². The SMILES string of the molecule is CCC(Oc1ccc(C(=O)OC)cc1)c1ccc(-c2ccc(C(F)(F)F)cc2)cc1. The summed E-state index contributed by atoms with van der Waals surface area (Å²) >= 11 is 0. The highest BCUT2D eigenvalue weighted by atomic mass is 19.4. The Morgan fingerprint density at radius 2 is 1.40 bits per heavy atom. The fourth-order valence-electron chi connectivity index (χ4n) is 3.08. The second-order valence-electron chi connectivity index (χ2n) is 6.73. The molecule has 3 nitrogen and oxygen atoms in total. The van der Waals surface area contributed by atoms with Crippen LogP contribution in [0.15, 0.2) is 72.8 Å². The number of alkyl halides is 3. The zero-order chi connectivity index (χ0) is 21.7. The molecule has 3 aromatic carbocycles. The first kappa shape index (κ1) is 21.4. The van der Waals surface area contributed by atoms with Crippen LogP contribution in [-0.4, -0.2) is 13.1 Å². The predicted molar refractivity (Wildman–Crippen MR) is 108 cm³/mol. The molecule has 0 spiro atoms. The van der Waals surface area contributed by atoms with Crippen molar-refractivity contribution in [3.8, 4) is 16.9 Å². The number of carbonyl (C=O) groups excluding carboxylic acids is 1. The van der Waals surface area contributed by atoms with Crippen molar-refractivity contribution >= 4 is 5.97 Å². The molecule has 0 aromatic heterocycles. The van der Waals surface area contributed by atoms with E-state index in [0.29, 0.717) is 16.9 Å². The summed E-state index contributed by atoms with van der Waals surface area (Å²) in [5, 5.41) is 0. The summed E-state index contributed by atoms with van der Waals surface area (Å²) in [6, 6.07) is 19.4. The summed E-state index contributed by atoms with van der Waals surface area (Å²) < 4.78 is 48.9. The van der Waals surface area contributed by atoms with Crippen molar-refractivity contribution in [1.82, 2.24) is 0 Å². The number of hydrogen-bond acceptors (Lipinski definition) is 3. The van der Waals surface area contributed by atoms with Crippen molar-refractivity contribution in [2.45, 2.75) is 25.6 Å². The Labute approximate surface area is 173 Å². The topological polar surface area (TPSA) is 35.5 Å². The number of halogens is 3. The normalized spacial score (nSPS) is 12.3. The molecule has 0 N–H and O–H groups in total. The van der Waals surface area contributed by atoms with E-state index in [4.69, 9.17) is 4.74 Å². The molecule has 6 heteroatoms. The molecular formula is C24H21F3O3. The first-order valence-corrected chi connectivity index (χ1v) is 9.44. The minimum atomic E-state index is -4.34. The van der Waals surface area contributed by atoms with E-state index in [1.807, 2.05) is 31.2 Å². The van der Waals surface area contributed by atoms with Crippen LogP contribution in [-0.2, 0) is 10.9 Å². The van der Waals surface area contributed by atoms with Crippen molar-refractivity contribution in [3.63, 3.8) is 0 Å². The van der Waals surface area contributed by atoms with E-state index in [0.717, 1.165) is 29.7 Å². The van der Waals surface area contributed by atoms with Crippen LogP contribution in [0.25, 0.3) is 11.1 Å². The number of esters is 1. The number of rotatable bonds is 6. The van der Waals surface area contributed by atoms with Crippen LogP contribution >= 0.6 is 0 Å². The Balaban J connectivity index is 1.73. The molecule has 3 rings (SSSR count). The summed E-state index contributed by atoms with van der Waals surface area (Å²) in [6.45, 7) is 2.00. The van der Waals surface area contributed by atoms with Crippen LogP contribution in [0.5, 0.6) is 5.75 Å². The average Bonchev–Trinajstić information content (AvgIpc) is 2.77. The lowest BCUT2D eigenvalue weighted by atomic mass is 10.00. The molecule has 1 atom stereocenters. The molecule has 0 heterocycles. The molecule has 1 unspecified atom stereocenters. The quantitative estimate of drug-likeness (QED) is 0.422. The second-order valence-corrected chi connectivity index (χ2v) is 6.73. The molecule has 0 radical (unpaired) electrons. The lowest BCUT2D eigenvalue weighted by Gasteiger charge is -2.18. The first-order valence-electron chi connectivity index (χ1n) is 9.44. The van der Waals surface area contributed by atoms with E-state index >= 15 is 0 Å². The molecule has 0 aliphatic carbocycles.